The van der Waals surface area contributed by atoms with E-state index in [0.717, 1.165) is 56.6 Å². The molecule has 224 valence electrons. The van der Waals surface area contributed by atoms with Crippen LogP contribution in [-0.4, -0.2) is 107 Å². The van der Waals surface area contributed by atoms with Gasteiger partial charge in [-0.2, -0.15) is 0 Å². The second kappa shape index (κ2) is 15.0. The van der Waals surface area contributed by atoms with Crippen LogP contribution in [0.2, 0.25) is 0 Å². The zero-order chi connectivity index (χ0) is 27.9. The minimum Gasteiger partial charge on any atom is -0.388 e. The molecule has 0 aromatic carbocycles. The van der Waals surface area contributed by atoms with Crippen LogP contribution < -0.4 is 10.6 Å². The third-order valence-corrected chi connectivity index (χ3v) is 9.73. The van der Waals surface area contributed by atoms with Gasteiger partial charge in [0.1, 0.15) is 29.9 Å². The van der Waals surface area contributed by atoms with Crippen molar-refractivity contribution in [2.75, 3.05) is 38.5 Å². The lowest BCUT2D eigenvalue weighted by Crippen LogP contribution is -2.62. The zero-order valence-electron chi connectivity index (χ0n) is 24.2. The van der Waals surface area contributed by atoms with E-state index in [1.807, 2.05) is 0 Å². The van der Waals surface area contributed by atoms with Crippen molar-refractivity contribution in [3.63, 3.8) is 0 Å². The van der Waals surface area contributed by atoms with Gasteiger partial charge in [0.15, 0.2) is 0 Å². The van der Waals surface area contributed by atoms with E-state index in [2.05, 4.69) is 55.0 Å². The molecule has 4 fully saturated rings. The molecule has 4 saturated heterocycles. The van der Waals surface area contributed by atoms with Crippen LogP contribution in [0.3, 0.4) is 0 Å². The third-order valence-electron chi connectivity index (χ3n) is 8.39. The Morgan fingerprint density at radius 2 is 1.82 bits per heavy atom. The second-order valence-electron chi connectivity index (χ2n) is 12.7. The lowest BCUT2D eigenvalue weighted by molar-refractivity contribution is -0.204. The van der Waals surface area contributed by atoms with Gasteiger partial charge >= 0.3 is 0 Å². The van der Waals surface area contributed by atoms with Gasteiger partial charge in [-0.05, 0) is 62.9 Å². The van der Waals surface area contributed by atoms with E-state index in [4.69, 9.17) is 9.47 Å². The van der Waals surface area contributed by atoms with Gasteiger partial charge < -0.3 is 40.3 Å². The molecule has 5 rings (SSSR count). The summed E-state index contributed by atoms with van der Waals surface area (Å²) in [5, 5.41) is 39.3. The molecule has 0 aromatic heterocycles. The average molecular weight is 568 g/mol. The summed E-state index contributed by atoms with van der Waals surface area (Å²) in [6.45, 7) is 15.9. The molecule has 0 spiro atoms. The van der Waals surface area contributed by atoms with Gasteiger partial charge in [0.2, 0.25) is 0 Å². The highest BCUT2D eigenvalue weighted by Gasteiger charge is 2.48. The molecule has 0 amide bonds. The summed E-state index contributed by atoms with van der Waals surface area (Å²) in [5.41, 5.74) is 0.256. The molecule has 0 aliphatic carbocycles. The molecule has 5 aliphatic rings. The number of rotatable bonds is 5. The highest BCUT2D eigenvalue weighted by atomic mass is 32.2. The molecule has 8 nitrogen and oxygen atoms in total. The van der Waals surface area contributed by atoms with Crippen molar-refractivity contribution < 1.29 is 24.8 Å². The van der Waals surface area contributed by atoms with Gasteiger partial charge in [-0.3, -0.25) is 0 Å². The third kappa shape index (κ3) is 8.44. The van der Waals surface area contributed by atoms with Crippen LogP contribution in [0.15, 0.2) is 24.4 Å². The van der Waals surface area contributed by atoms with Gasteiger partial charge in [-0.1, -0.05) is 45.9 Å². The molecule has 0 radical (unpaired) electrons. The molecular weight excluding hydrogens is 514 g/mol. The molecule has 10 unspecified atom stereocenters. The van der Waals surface area contributed by atoms with Gasteiger partial charge in [-0.25, -0.2) is 0 Å². The standard InChI is InChI=1S/C26H43N3O5S.C4H10/c1-16(20-24-18(13-27-20)8-2-5-12-33-24)28-19-9-6-7-17(14-29-10-3-4-11-29)15-35-26-23(32)21(30)22(31)25(19)34-26;1-4(2)3/h6-7,17-28,30-32H,1-5,8-15H2;4H,1-3H3/b7-6-;. The minimum absolute atomic E-state index is 0.00168. The van der Waals surface area contributed by atoms with Gasteiger partial charge in [0.25, 0.3) is 0 Å². The first-order valence-corrected chi connectivity index (χ1v) is 16.3. The zero-order valence-corrected chi connectivity index (χ0v) is 25.0. The highest BCUT2D eigenvalue weighted by Crippen LogP contribution is 2.34. The predicted octanol–water partition coefficient (Wildman–Crippen LogP) is 2.49. The predicted molar refractivity (Wildman–Crippen MR) is 158 cm³/mol. The molecule has 5 heterocycles. The summed E-state index contributed by atoms with van der Waals surface area (Å²) in [7, 11) is 0. The molecule has 9 heteroatoms. The number of nitrogens with zero attached hydrogens (tertiary/aromatic N) is 1. The van der Waals surface area contributed by atoms with E-state index in [9.17, 15) is 15.3 Å². The maximum Gasteiger partial charge on any atom is 0.132 e. The summed E-state index contributed by atoms with van der Waals surface area (Å²) < 4.78 is 12.5. The number of nitrogens with one attached hydrogen (secondary N) is 2. The lowest BCUT2D eigenvalue weighted by atomic mass is 9.91. The maximum absolute atomic E-state index is 10.9. The Kier molecular flexibility index (Phi) is 12.0. The Balaban J connectivity index is 0.000000826. The molecule has 5 N–H and O–H groups in total. The quantitative estimate of drug-likeness (QED) is 0.321. The normalized spacial score (nSPS) is 42.1. The summed E-state index contributed by atoms with van der Waals surface area (Å²) in [6.07, 6.45) is 6.99. The average Bonchev–Trinajstić information content (AvgIpc) is 3.50. The number of likely N-dealkylation sites (tertiary alicyclic amines) is 1. The van der Waals surface area contributed by atoms with E-state index >= 15 is 0 Å². The summed E-state index contributed by atoms with van der Waals surface area (Å²) in [4.78, 5) is 2.51. The number of thioether (sulfide) groups is 1. The van der Waals surface area contributed by atoms with Crippen LogP contribution >= 0.6 is 11.8 Å². The molecule has 10 atom stereocenters. The van der Waals surface area contributed by atoms with Crippen molar-refractivity contribution in [1.82, 2.24) is 15.5 Å². The van der Waals surface area contributed by atoms with Crippen molar-refractivity contribution >= 4 is 11.8 Å². The Bertz CT molecular complexity index is 792. The van der Waals surface area contributed by atoms with Crippen LogP contribution in [-0.2, 0) is 9.47 Å². The van der Waals surface area contributed by atoms with Crippen molar-refractivity contribution in [2.24, 2.45) is 17.8 Å². The summed E-state index contributed by atoms with van der Waals surface area (Å²) in [6, 6.07) is -0.280. The number of fused-ring (bicyclic) bond motifs is 3. The van der Waals surface area contributed by atoms with Crippen LogP contribution in [0.25, 0.3) is 0 Å². The largest absolute Gasteiger partial charge is 0.388 e. The van der Waals surface area contributed by atoms with Crippen LogP contribution in [0.5, 0.6) is 0 Å². The first-order valence-electron chi connectivity index (χ1n) is 15.2. The first kappa shape index (κ1) is 31.3. The molecule has 0 saturated carbocycles. The molecular formula is C30H53N3O5S. The smallest absolute Gasteiger partial charge is 0.132 e. The highest BCUT2D eigenvalue weighted by molar-refractivity contribution is 7.99. The number of aliphatic hydroxyl groups is 3. The Morgan fingerprint density at radius 3 is 2.56 bits per heavy atom. The van der Waals surface area contributed by atoms with Crippen LogP contribution in [0, 0.1) is 17.8 Å². The number of hydrogen-bond donors (Lipinski definition) is 5. The molecule has 2 bridgehead atoms. The van der Waals surface area contributed by atoms with E-state index < -0.39 is 29.9 Å². The number of hydrogen-bond acceptors (Lipinski definition) is 9. The van der Waals surface area contributed by atoms with E-state index in [0.29, 0.717) is 18.3 Å². The minimum atomic E-state index is -1.25. The van der Waals surface area contributed by atoms with Gasteiger partial charge in [-0.15, -0.1) is 11.8 Å². The van der Waals surface area contributed by atoms with E-state index in [-0.39, 0.29) is 18.2 Å². The second-order valence-corrected chi connectivity index (χ2v) is 13.8. The fourth-order valence-electron chi connectivity index (χ4n) is 6.38. The van der Waals surface area contributed by atoms with E-state index in [1.165, 1.54) is 37.4 Å². The molecule has 39 heavy (non-hydrogen) atoms. The number of aliphatic hydroxyl groups excluding tert-OH is 3. The topological polar surface area (TPSA) is 106 Å². The maximum atomic E-state index is 10.9. The summed E-state index contributed by atoms with van der Waals surface area (Å²) in [5.74, 6) is 2.47. The van der Waals surface area contributed by atoms with Crippen LogP contribution in [0.1, 0.15) is 59.3 Å². The molecule has 5 aliphatic heterocycles. The fourth-order valence-corrected chi connectivity index (χ4v) is 7.60. The monoisotopic (exact) mass is 567 g/mol. The van der Waals surface area contributed by atoms with Crippen molar-refractivity contribution in [3.05, 3.63) is 24.4 Å². The molecule has 0 aromatic rings. The number of ether oxygens (including phenoxy) is 2. The summed E-state index contributed by atoms with van der Waals surface area (Å²) >= 11 is 1.54. The van der Waals surface area contributed by atoms with Crippen molar-refractivity contribution in [3.8, 4) is 0 Å². The van der Waals surface area contributed by atoms with Crippen molar-refractivity contribution in [1.29, 1.82) is 0 Å². The van der Waals surface area contributed by atoms with Gasteiger partial charge in [0, 0.05) is 31.1 Å². The van der Waals surface area contributed by atoms with Crippen LogP contribution in [0.4, 0.5) is 0 Å². The SMILES string of the molecule is C=C(NC1C/C=C\C(CN2CCCC2)CSC2OC1C(O)C(O)C2O)C1NCC2CCCCOC21.CC(C)C. The Labute approximate surface area is 240 Å². The van der Waals surface area contributed by atoms with Gasteiger partial charge in [0.05, 0.1) is 18.2 Å². The fraction of sp³-hybridized carbons (Fsp3) is 0.867. The Morgan fingerprint density at radius 1 is 1.08 bits per heavy atom. The first-order chi connectivity index (χ1) is 18.7. The van der Waals surface area contributed by atoms with Crippen molar-refractivity contribution in [2.45, 2.75) is 107 Å². The van der Waals surface area contributed by atoms with E-state index in [1.54, 1.807) is 0 Å². The Hall–Kier alpha value is -0.650. The lowest BCUT2D eigenvalue weighted by Gasteiger charge is -2.44.